The summed E-state index contributed by atoms with van der Waals surface area (Å²) in [6, 6.07) is 47.4. The number of benzene rings is 6. The van der Waals surface area contributed by atoms with Crippen molar-refractivity contribution < 1.29 is 0 Å². The van der Waals surface area contributed by atoms with E-state index in [9.17, 15) is 5.26 Å². The minimum atomic E-state index is -0.00936. The Kier molecular flexibility index (Phi) is 9.45. The maximum atomic E-state index is 9.93. The van der Waals surface area contributed by atoms with E-state index in [2.05, 4.69) is 201 Å². The Labute approximate surface area is 367 Å². The number of nitriles is 1. The van der Waals surface area contributed by atoms with Gasteiger partial charge in [0.1, 0.15) is 0 Å². The fourth-order valence-electron chi connectivity index (χ4n) is 9.12. The lowest BCUT2D eigenvalue weighted by Gasteiger charge is -2.21. The smallest absolute Gasteiger partial charge is 0.0991 e. The summed E-state index contributed by atoms with van der Waals surface area (Å²) in [4.78, 5) is 4.85. The molecule has 9 rings (SSSR count). The van der Waals surface area contributed by atoms with Crippen molar-refractivity contribution in [3.05, 3.63) is 162 Å². The zero-order chi connectivity index (χ0) is 44.1. The number of rotatable bonds is 4. The lowest BCUT2D eigenvalue weighted by molar-refractivity contribution is 0.590. The number of aromatic nitrogens is 3. The van der Waals surface area contributed by atoms with Crippen LogP contribution in [0.4, 0.5) is 0 Å². The molecule has 0 spiro atoms. The van der Waals surface area contributed by atoms with Gasteiger partial charge in [0.2, 0.25) is 0 Å². The van der Waals surface area contributed by atoms with E-state index in [1.54, 1.807) is 0 Å². The van der Waals surface area contributed by atoms with Gasteiger partial charge in [-0.1, -0.05) is 126 Å². The van der Waals surface area contributed by atoms with Crippen LogP contribution in [0, 0.1) is 11.3 Å². The number of nitrogens with zero attached hydrogens (tertiary/aromatic N) is 4. The largest absolute Gasteiger partial charge is 0.309 e. The Hall–Kier alpha value is -6.44. The van der Waals surface area contributed by atoms with E-state index in [-0.39, 0.29) is 21.7 Å². The van der Waals surface area contributed by atoms with Gasteiger partial charge in [0.05, 0.1) is 51.3 Å². The van der Waals surface area contributed by atoms with Gasteiger partial charge in [-0.05, 0) is 134 Å². The second kappa shape index (κ2) is 14.3. The molecule has 4 nitrogen and oxygen atoms in total. The molecule has 3 heterocycles. The molecule has 0 aliphatic heterocycles. The molecule has 4 heteroatoms. The number of hydrogen-bond acceptors (Lipinski definition) is 2. The van der Waals surface area contributed by atoms with Crippen LogP contribution < -0.4 is 0 Å². The van der Waals surface area contributed by atoms with Gasteiger partial charge < -0.3 is 9.13 Å². The van der Waals surface area contributed by atoms with Crippen LogP contribution in [0.15, 0.2) is 134 Å². The highest BCUT2D eigenvalue weighted by Gasteiger charge is 2.26. The van der Waals surface area contributed by atoms with Crippen molar-refractivity contribution in [2.24, 2.45) is 0 Å². The molecule has 0 aliphatic carbocycles. The van der Waals surface area contributed by atoms with Gasteiger partial charge >= 0.3 is 0 Å². The predicted molar refractivity (Wildman–Crippen MR) is 263 cm³/mol. The van der Waals surface area contributed by atoms with Crippen molar-refractivity contribution in [3.63, 3.8) is 0 Å². The van der Waals surface area contributed by atoms with E-state index in [1.165, 1.54) is 43.8 Å². The van der Waals surface area contributed by atoms with Crippen LogP contribution in [0.5, 0.6) is 0 Å². The van der Waals surface area contributed by atoms with Crippen LogP contribution in [0.25, 0.3) is 77.2 Å². The summed E-state index contributed by atoms with van der Waals surface area (Å²) >= 11 is 0. The van der Waals surface area contributed by atoms with E-state index >= 15 is 0 Å². The summed E-state index contributed by atoms with van der Waals surface area (Å²) in [5, 5.41) is 14.9. The second-order valence-electron chi connectivity index (χ2n) is 21.4. The third-order valence-electron chi connectivity index (χ3n) is 12.9. The normalized spacial score (nSPS) is 12.8. The molecule has 0 amide bonds. The molecular formula is C58H58N4. The summed E-state index contributed by atoms with van der Waals surface area (Å²) in [6.07, 6.45) is 3.96. The number of hydrogen-bond donors (Lipinski definition) is 0. The van der Waals surface area contributed by atoms with Crippen LogP contribution in [0.3, 0.4) is 0 Å². The quantitative estimate of drug-likeness (QED) is 0.178. The van der Waals surface area contributed by atoms with E-state index in [4.69, 9.17) is 4.98 Å². The van der Waals surface area contributed by atoms with Gasteiger partial charge in [-0.2, -0.15) is 5.26 Å². The third-order valence-corrected chi connectivity index (χ3v) is 12.9. The Bertz CT molecular complexity index is 3140. The second-order valence-corrected chi connectivity index (χ2v) is 21.4. The summed E-state index contributed by atoms with van der Waals surface area (Å²) in [7, 11) is 0. The van der Waals surface area contributed by atoms with E-state index in [0.29, 0.717) is 5.56 Å². The standard InChI is InChI=1S/C58H58N4/c1-55(2,3)39-17-22-50-45(30-39)46-31-40(56(4,5)6)18-23-51(46)61(50)49-21-16-38(37-15-13-14-36(28-37)34-59)29-44(49)43-26-27-60-35-54(43)62-52-24-19-41(57(7,8)9)32-47(52)48-33-42(58(10,11)12)20-25-53(48)62/h13-33,35H,1-12H3. The van der Waals surface area contributed by atoms with Crippen LogP contribution >= 0.6 is 0 Å². The fourth-order valence-corrected chi connectivity index (χ4v) is 9.12. The zero-order valence-corrected chi connectivity index (χ0v) is 38.5. The molecule has 0 atom stereocenters. The minimum absolute atomic E-state index is 0.00843. The topological polar surface area (TPSA) is 46.5 Å². The Balaban J connectivity index is 1.40. The average Bonchev–Trinajstić information content (AvgIpc) is 3.73. The molecule has 310 valence electrons. The Morgan fingerprint density at radius 1 is 0.419 bits per heavy atom. The van der Waals surface area contributed by atoms with Gasteiger partial charge in [0.25, 0.3) is 0 Å². The van der Waals surface area contributed by atoms with Crippen LogP contribution in [0.2, 0.25) is 0 Å². The molecule has 0 saturated carbocycles. The fraction of sp³-hybridized carbons (Fsp3) is 0.276. The molecule has 62 heavy (non-hydrogen) atoms. The molecule has 0 saturated heterocycles. The van der Waals surface area contributed by atoms with Crippen molar-refractivity contribution in [2.45, 2.75) is 105 Å². The van der Waals surface area contributed by atoms with Crippen LogP contribution in [-0.4, -0.2) is 14.1 Å². The number of fused-ring (bicyclic) bond motifs is 6. The highest BCUT2D eigenvalue weighted by Crippen LogP contribution is 2.44. The Morgan fingerprint density at radius 3 is 1.26 bits per heavy atom. The molecular weight excluding hydrogens is 753 g/mol. The SMILES string of the molecule is CC(C)(C)c1ccc2c(c1)c1cc(C(C)(C)C)ccc1n2-c1ccc(-c2cccc(C#N)c2)cc1-c1ccncc1-n1c2ccc(C(C)(C)C)cc2c2cc(C(C)(C)C)ccc21. The lowest BCUT2D eigenvalue weighted by Crippen LogP contribution is -2.10. The highest BCUT2D eigenvalue weighted by molar-refractivity contribution is 6.12. The van der Waals surface area contributed by atoms with E-state index < -0.39 is 0 Å². The maximum Gasteiger partial charge on any atom is 0.0991 e. The molecule has 9 aromatic rings. The summed E-state index contributed by atoms with van der Waals surface area (Å²) in [5.74, 6) is 0. The molecule has 0 radical (unpaired) electrons. The summed E-state index contributed by atoms with van der Waals surface area (Å²) in [6.45, 7) is 27.5. The summed E-state index contributed by atoms with van der Waals surface area (Å²) in [5.41, 5.74) is 16.7. The van der Waals surface area contributed by atoms with Crippen molar-refractivity contribution >= 4 is 43.6 Å². The van der Waals surface area contributed by atoms with Gasteiger partial charge in [-0.3, -0.25) is 4.98 Å². The molecule has 0 N–H and O–H groups in total. The average molecular weight is 811 g/mol. The first-order chi connectivity index (χ1) is 29.2. The molecule has 0 aliphatic rings. The van der Waals surface area contributed by atoms with Crippen molar-refractivity contribution in [1.82, 2.24) is 14.1 Å². The lowest BCUT2D eigenvalue weighted by atomic mass is 9.85. The third kappa shape index (κ3) is 6.98. The van der Waals surface area contributed by atoms with E-state index in [0.717, 1.165) is 55.7 Å². The number of pyridine rings is 1. The first kappa shape index (κ1) is 40.9. The first-order valence-electron chi connectivity index (χ1n) is 22.0. The van der Waals surface area contributed by atoms with Crippen LogP contribution in [0.1, 0.15) is 111 Å². The maximum absolute atomic E-state index is 9.93. The molecule has 0 bridgehead atoms. The molecule has 3 aromatic heterocycles. The first-order valence-corrected chi connectivity index (χ1v) is 22.0. The van der Waals surface area contributed by atoms with Crippen molar-refractivity contribution in [1.29, 1.82) is 5.26 Å². The van der Waals surface area contributed by atoms with E-state index in [1.807, 2.05) is 30.6 Å². The molecule has 6 aromatic carbocycles. The minimum Gasteiger partial charge on any atom is -0.309 e. The molecule has 0 unspecified atom stereocenters. The predicted octanol–water partition coefficient (Wildman–Crippen LogP) is 15.7. The van der Waals surface area contributed by atoms with Gasteiger partial charge in [0, 0.05) is 38.9 Å². The Morgan fingerprint density at radius 2 is 0.839 bits per heavy atom. The monoisotopic (exact) mass is 810 g/mol. The highest BCUT2D eigenvalue weighted by atomic mass is 15.0. The van der Waals surface area contributed by atoms with Crippen molar-refractivity contribution in [2.75, 3.05) is 0 Å². The summed E-state index contributed by atoms with van der Waals surface area (Å²) < 4.78 is 4.89. The zero-order valence-electron chi connectivity index (χ0n) is 38.5. The van der Waals surface area contributed by atoms with Crippen molar-refractivity contribution in [3.8, 4) is 39.7 Å². The molecule has 0 fully saturated rings. The van der Waals surface area contributed by atoms with Gasteiger partial charge in [0.15, 0.2) is 0 Å². The van der Waals surface area contributed by atoms with Gasteiger partial charge in [-0.25, -0.2) is 0 Å². The van der Waals surface area contributed by atoms with Gasteiger partial charge in [-0.15, -0.1) is 0 Å². The van der Waals surface area contributed by atoms with Crippen LogP contribution in [-0.2, 0) is 21.7 Å².